The molecule has 0 saturated carbocycles. The van der Waals surface area contributed by atoms with Crippen molar-refractivity contribution in [3.8, 4) is 0 Å². The number of rotatable bonds is 1. The smallest absolute Gasteiger partial charge is 0.246 e. The number of carbonyl (C=O) groups is 1. The van der Waals surface area contributed by atoms with Gasteiger partial charge in [-0.1, -0.05) is 0 Å². The first-order chi connectivity index (χ1) is 6.75. The minimum atomic E-state index is -0.156. The van der Waals surface area contributed by atoms with Crippen molar-refractivity contribution < 1.29 is 9.53 Å². The van der Waals surface area contributed by atoms with Crippen molar-refractivity contribution in [1.29, 1.82) is 0 Å². The van der Waals surface area contributed by atoms with E-state index in [2.05, 4.69) is 10.3 Å². The number of nitrogens with one attached hydrogen (secondary N) is 1. The van der Waals surface area contributed by atoms with Gasteiger partial charge in [0.2, 0.25) is 5.91 Å². The van der Waals surface area contributed by atoms with Crippen molar-refractivity contribution in [3.63, 3.8) is 0 Å². The molecule has 0 unspecified atom stereocenters. The molecule has 1 saturated heterocycles. The largest absolute Gasteiger partial charge is 0.397 e. The van der Waals surface area contributed by atoms with E-state index in [4.69, 9.17) is 10.5 Å². The number of nitrogens with zero attached hydrogens (tertiary/aromatic N) is 1. The van der Waals surface area contributed by atoms with Gasteiger partial charge in [0, 0.05) is 0 Å². The zero-order chi connectivity index (χ0) is 9.97. The van der Waals surface area contributed by atoms with E-state index in [0.29, 0.717) is 12.3 Å². The summed E-state index contributed by atoms with van der Waals surface area (Å²) in [5, 5.41) is 2.78. The van der Waals surface area contributed by atoms with Crippen molar-refractivity contribution in [3.05, 3.63) is 24.0 Å². The zero-order valence-electron chi connectivity index (χ0n) is 7.56. The SMILES string of the molecule is Nc1ccc([C@@H]2COCC(=O)N2)nc1. The number of amides is 1. The fraction of sp³-hybridized carbons (Fsp3) is 0.333. The Morgan fingerprint density at radius 1 is 1.57 bits per heavy atom. The number of ether oxygens (including phenoxy) is 1. The molecular formula is C9H11N3O2. The molecule has 1 aliphatic heterocycles. The molecule has 14 heavy (non-hydrogen) atoms. The fourth-order valence-corrected chi connectivity index (χ4v) is 1.33. The minimum absolute atomic E-state index is 0.111. The third-order valence-corrected chi connectivity index (χ3v) is 2.02. The first-order valence-corrected chi connectivity index (χ1v) is 4.34. The van der Waals surface area contributed by atoms with E-state index in [9.17, 15) is 4.79 Å². The lowest BCUT2D eigenvalue weighted by atomic mass is 10.2. The monoisotopic (exact) mass is 193 g/mol. The van der Waals surface area contributed by atoms with Crippen LogP contribution >= 0.6 is 0 Å². The second kappa shape index (κ2) is 3.63. The summed E-state index contributed by atoms with van der Waals surface area (Å²) in [6, 6.07) is 3.38. The van der Waals surface area contributed by atoms with Crippen molar-refractivity contribution in [2.45, 2.75) is 6.04 Å². The summed E-state index contributed by atoms with van der Waals surface area (Å²) in [4.78, 5) is 15.1. The van der Waals surface area contributed by atoms with Gasteiger partial charge in [0.1, 0.15) is 6.61 Å². The molecule has 1 aromatic heterocycles. The summed E-state index contributed by atoms with van der Waals surface area (Å²) in [6.45, 7) is 0.591. The third kappa shape index (κ3) is 1.82. The first-order valence-electron chi connectivity index (χ1n) is 4.34. The minimum Gasteiger partial charge on any atom is -0.397 e. The molecule has 5 nitrogen and oxygen atoms in total. The lowest BCUT2D eigenvalue weighted by Gasteiger charge is -2.22. The average Bonchev–Trinajstić information content (AvgIpc) is 2.19. The fourth-order valence-electron chi connectivity index (χ4n) is 1.33. The van der Waals surface area contributed by atoms with Crippen molar-refractivity contribution >= 4 is 11.6 Å². The molecular weight excluding hydrogens is 182 g/mol. The van der Waals surface area contributed by atoms with Gasteiger partial charge >= 0.3 is 0 Å². The Labute approximate surface area is 81.3 Å². The highest BCUT2D eigenvalue weighted by Crippen LogP contribution is 2.14. The maximum Gasteiger partial charge on any atom is 0.246 e. The van der Waals surface area contributed by atoms with Crippen molar-refractivity contribution in [1.82, 2.24) is 10.3 Å². The summed E-state index contributed by atoms with van der Waals surface area (Å²) >= 11 is 0. The van der Waals surface area contributed by atoms with Crippen LogP contribution in [0.15, 0.2) is 18.3 Å². The predicted molar refractivity (Wildman–Crippen MR) is 50.4 cm³/mol. The Morgan fingerprint density at radius 3 is 3.07 bits per heavy atom. The molecule has 1 amide bonds. The molecule has 0 aliphatic carbocycles. The normalized spacial score (nSPS) is 21.7. The lowest BCUT2D eigenvalue weighted by Crippen LogP contribution is -2.40. The number of morpholine rings is 1. The van der Waals surface area contributed by atoms with Crippen LogP contribution in [-0.2, 0) is 9.53 Å². The molecule has 1 aromatic rings. The quantitative estimate of drug-likeness (QED) is 0.650. The number of anilines is 1. The van der Waals surface area contributed by atoms with Crippen LogP contribution in [0.4, 0.5) is 5.69 Å². The Hall–Kier alpha value is -1.62. The molecule has 1 aliphatic rings. The number of aromatic nitrogens is 1. The number of pyridine rings is 1. The highest BCUT2D eigenvalue weighted by molar-refractivity contribution is 5.78. The summed E-state index contributed by atoms with van der Waals surface area (Å²) in [7, 11) is 0. The van der Waals surface area contributed by atoms with Gasteiger partial charge < -0.3 is 15.8 Å². The van der Waals surface area contributed by atoms with Crippen LogP contribution in [0.1, 0.15) is 11.7 Å². The second-order valence-corrected chi connectivity index (χ2v) is 3.15. The Balaban J connectivity index is 2.14. The molecule has 5 heteroatoms. The summed E-state index contributed by atoms with van der Waals surface area (Å²) in [6.07, 6.45) is 1.57. The lowest BCUT2D eigenvalue weighted by molar-refractivity contribution is -0.131. The molecule has 2 rings (SSSR count). The van der Waals surface area contributed by atoms with E-state index in [1.54, 1.807) is 18.3 Å². The Bertz CT molecular complexity index is 336. The maximum atomic E-state index is 11.0. The van der Waals surface area contributed by atoms with Gasteiger partial charge in [-0.25, -0.2) is 0 Å². The maximum absolute atomic E-state index is 11.0. The van der Waals surface area contributed by atoms with Crippen LogP contribution in [0.2, 0.25) is 0 Å². The number of carbonyl (C=O) groups excluding carboxylic acids is 1. The predicted octanol–water partition coefficient (Wildman–Crippen LogP) is -0.149. The molecule has 1 atom stereocenters. The molecule has 1 fully saturated rings. The van der Waals surface area contributed by atoms with Crippen molar-refractivity contribution in [2.24, 2.45) is 0 Å². The van der Waals surface area contributed by atoms with E-state index in [0.717, 1.165) is 5.69 Å². The van der Waals surface area contributed by atoms with Gasteiger partial charge in [-0.3, -0.25) is 9.78 Å². The molecule has 0 bridgehead atoms. The van der Waals surface area contributed by atoms with Gasteiger partial charge in [0.15, 0.2) is 0 Å². The number of nitrogen functional groups attached to an aromatic ring is 1. The van der Waals surface area contributed by atoms with Crippen LogP contribution in [0.3, 0.4) is 0 Å². The molecule has 74 valence electrons. The van der Waals surface area contributed by atoms with E-state index in [-0.39, 0.29) is 18.6 Å². The van der Waals surface area contributed by atoms with E-state index in [1.807, 2.05) is 0 Å². The first kappa shape index (κ1) is 8.96. The topological polar surface area (TPSA) is 77.2 Å². The highest BCUT2D eigenvalue weighted by atomic mass is 16.5. The number of hydrogen-bond donors (Lipinski definition) is 2. The average molecular weight is 193 g/mol. The van der Waals surface area contributed by atoms with Crippen molar-refractivity contribution in [2.75, 3.05) is 18.9 Å². The molecule has 3 N–H and O–H groups in total. The molecule has 0 radical (unpaired) electrons. The number of hydrogen-bond acceptors (Lipinski definition) is 4. The van der Waals surface area contributed by atoms with Gasteiger partial charge in [0.05, 0.1) is 30.2 Å². The summed E-state index contributed by atoms with van der Waals surface area (Å²) in [5.41, 5.74) is 6.88. The Morgan fingerprint density at radius 2 is 2.43 bits per heavy atom. The van der Waals surface area contributed by atoms with E-state index >= 15 is 0 Å². The van der Waals surface area contributed by atoms with Crippen LogP contribution in [0, 0.1) is 0 Å². The highest BCUT2D eigenvalue weighted by Gasteiger charge is 2.20. The third-order valence-electron chi connectivity index (χ3n) is 2.02. The molecule has 0 spiro atoms. The summed E-state index contributed by atoms with van der Waals surface area (Å²) in [5.74, 6) is -0.111. The second-order valence-electron chi connectivity index (χ2n) is 3.15. The summed E-state index contributed by atoms with van der Waals surface area (Å²) < 4.78 is 5.10. The zero-order valence-corrected chi connectivity index (χ0v) is 7.56. The van der Waals surface area contributed by atoms with Gasteiger partial charge in [-0.2, -0.15) is 0 Å². The standard InChI is InChI=1S/C9H11N3O2/c10-6-1-2-7(11-3-6)8-4-14-5-9(13)12-8/h1-3,8H,4-5,10H2,(H,12,13)/t8-/m0/s1. The van der Waals surface area contributed by atoms with Gasteiger partial charge in [-0.05, 0) is 12.1 Å². The molecule has 2 heterocycles. The van der Waals surface area contributed by atoms with E-state index < -0.39 is 0 Å². The van der Waals surface area contributed by atoms with Gasteiger partial charge in [0.25, 0.3) is 0 Å². The van der Waals surface area contributed by atoms with Crippen LogP contribution in [0.5, 0.6) is 0 Å². The molecule has 0 aromatic carbocycles. The number of nitrogens with two attached hydrogens (primary N) is 1. The van der Waals surface area contributed by atoms with Crippen LogP contribution < -0.4 is 11.1 Å². The van der Waals surface area contributed by atoms with Crippen LogP contribution in [-0.4, -0.2) is 24.1 Å². The van der Waals surface area contributed by atoms with E-state index in [1.165, 1.54) is 0 Å². The van der Waals surface area contributed by atoms with Crippen LogP contribution in [0.25, 0.3) is 0 Å². The Kier molecular flexibility index (Phi) is 2.32. The van der Waals surface area contributed by atoms with Gasteiger partial charge in [-0.15, -0.1) is 0 Å².